The van der Waals surface area contributed by atoms with Crippen LogP contribution in [0.2, 0.25) is 0 Å². The van der Waals surface area contributed by atoms with Gasteiger partial charge in [0, 0.05) is 23.7 Å². The van der Waals surface area contributed by atoms with Crippen molar-refractivity contribution in [2.45, 2.75) is 10.8 Å². The van der Waals surface area contributed by atoms with E-state index in [1.54, 1.807) is 36.7 Å². The fraction of sp³-hybridized carbons (Fsp3) is 0.158. The lowest BCUT2D eigenvalue weighted by molar-refractivity contribution is 0.355. The van der Waals surface area contributed by atoms with Crippen molar-refractivity contribution in [3.8, 4) is 22.9 Å². The summed E-state index contributed by atoms with van der Waals surface area (Å²) in [7, 11) is 3.21. The van der Waals surface area contributed by atoms with E-state index in [9.17, 15) is 0 Å². The Kier molecular flexibility index (Phi) is 4.88. The Morgan fingerprint density at radius 3 is 2.67 bits per heavy atom. The predicted octanol–water partition coefficient (Wildman–Crippen LogP) is 3.50. The third-order valence-corrected chi connectivity index (χ3v) is 4.98. The van der Waals surface area contributed by atoms with Crippen LogP contribution >= 0.6 is 11.8 Å². The number of thioether (sulfide) groups is 1. The molecule has 27 heavy (non-hydrogen) atoms. The molecule has 4 aromatic rings. The summed E-state index contributed by atoms with van der Waals surface area (Å²) in [5.41, 5.74) is 2.68. The van der Waals surface area contributed by atoms with Crippen LogP contribution in [-0.2, 0) is 5.75 Å². The summed E-state index contributed by atoms with van der Waals surface area (Å²) in [6.07, 6.45) is 3.63. The van der Waals surface area contributed by atoms with Crippen LogP contribution in [0.15, 0.2) is 59.9 Å². The summed E-state index contributed by atoms with van der Waals surface area (Å²) < 4.78 is 12.4. The van der Waals surface area contributed by atoms with Crippen LogP contribution in [0.5, 0.6) is 11.5 Å². The average Bonchev–Trinajstić information content (AvgIpc) is 3.15. The SMILES string of the molecule is COc1ccc(-c2nnc3ccc(SCc4cccnc4)nn23)cc1OC. The van der Waals surface area contributed by atoms with Gasteiger partial charge in [0.2, 0.25) is 0 Å². The molecule has 0 N–H and O–H groups in total. The molecule has 0 atom stereocenters. The predicted molar refractivity (Wildman–Crippen MR) is 103 cm³/mol. The first-order valence-corrected chi connectivity index (χ1v) is 9.23. The van der Waals surface area contributed by atoms with Gasteiger partial charge in [0.25, 0.3) is 0 Å². The molecule has 3 aromatic heterocycles. The maximum atomic E-state index is 5.39. The van der Waals surface area contributed by atoms with E-state index in [-0.39, 0.29) is 0 Å². The number of pyridine rings is 1. The van der Waals surface area contributed by atoms with Gasteiger partial charge in [0.1, 0.15) is 5.03 Å². The smallest absolute Gasteiger partial charge is 0.185 e. The number of hydrogen-bond acceptors (Lipinski definition) is 7. The van der Waals surface area contributed by atoms with Crippen LogP contribution < -0.4 is 9.47 Å². The normalized spacial score (nSPS) is 10.9. The Morgan fingerprint density at radius 1 is 1.00 bits per heavy atom. The van der Waals surface area contributed by atoms with Gasteiger partial charge in [-0.3, -0.25) is 4.98 Å². The minimum atomic E-state index is 0.633. The van der Waals surface area contributed by atoms with Crippen molar-refractivity contribution < 1.29 is 9.47 Å². The zero-order valence-electron chi connectivity index (χ0n) is 14.9. The van der Waals surface area contributed by atoms with Gasteiger partial charge < -0.3 is 9.47 Å². The molecule has 0 unspecified atom stereocenters. The van der Waals surface area contributed by atoms with Crippen LogP contribution in [0.1, 0.15) is 5.56 Å². The van der Waals surface area contributed by atoms with Gasteiger partial charge in [-0.15, -0.1) is 10.2 Å². The fourth-order valence-electron chi connectivity index (χ4n) is 2.65. The molecule has 0 aliphatic carbocycles. The molecule has 0 radical (unpaired) electrons. The second kappa shape index (κ2) is 7.63. The number of hydrogen-bond donors (Lipinski definition) is 0. The van der Waals surface area contributed by atoms with E-state index >= 15 is 0 Å². The highest BCUT2D eigenvalue weighted by molar-refractivity contribution is 7.98. The minimum Gasteiger partial charge on any atom is -0.493 e. The first-order valence-electron chi connectivity index (χ1n) is 8.25. The standard InChI is InChI=1S/C19H17N5O2S/c1-25-15-6-5-14(10-16(15)26-2)19-22-21-17-7-8-18(23-24(17)19)27-12-13-4-3-9-20-11-13/h3-11H,12H2,1-2H3. The molecule has 0 aliphatic rings. The van der Waals surface area contributed by atoms with Gasteiger partial charge >= 0.3 is 0 Å². The van der Waals surface area contributed by atoms with Crippen LogP contribution in [0.4, 0.5) is 0 Å². The van der Waals surface area contributed by atoms with E-state index in [1.165, 1.54) is 0 Å². The third kappa shape index (κ3) is 3.56. The van der Waals surface area contributed by atoms with E-state index in [0.29, 0.717) is 23.0 Å². The minimum absolute atomic E-state index is 0.633. The Morgan fingerprint density at radius 2 is 1.89 bits per heavy atom. The topological polar surface area (TPSA) is 74.4 Å². The van der Waals surface area contributed by atoms with Gasteiger partial charge in [-0.25, -0.2) is 0 Å². The lowest BCUT2D eigenvalue weighted by Gasteiger charge is -2.08. The van der Waals surface area contributed by atoms with Gasteiger partial charge in [-0.1, -0.05) is 17.8 Å². The quantitative estimate of drug-likeness (QED) is 0.475. The third-order valence-electron chi connectivity index (χ3n) is 3.99. The van der Waals surface area contributed by atoms with E-state index in [1.807, 2.05) is 48.7 Å². The average molecular weight is 379 g/mol. The summed E-state index contributed by atoms with van der Waals surface area (Å²) in [4.78, 5) is 4.14. The zero-order chi connectivity index (χ0) is 18.6. The van der Waals surface area contributed by atoms with Crippen molar-refractivity contribution in [2.24, 2.45) is 0 Å². The summed E-state index contributed by atoms with van der Waals surface area (Å²) in [6, 6.07) is 13.5. The molecule has 7 nitrogen and oxygen atoms in total. The molecule has 0 fully saturated rings. The number of rotatable bonds is 6. The molecule has 1 aromatic carbocycles. The molecule has 8 heteroatoms. The summed E-state index contributed by atoms with van der Waals surface area (Å²) in [5, 5.41) is 14.1. The maximum absolute atomic E-state index is 5.39. The van der Waals surface area contributed by atoms with Crippen molar-refractivity contribution in [3.05, 3.63) is 60.4 Å². The van der Waals surface area contributed by atoms with E-state index in [0.717, 1.165) is 21.9 Å². The number of ether oxygens (including phenoxy) is 2. The molecular formula is C19H17N5O2S. The molecule has 136 valence electrons. The highest BCUT2D eigenvalue weighted by Crippen LogP contribution is 2.32. The van der Waals surface area contributed by atoms with Crippen LogP contribution in [0.25, 0.3) is 17.0 Å². The number of aromatic nitrogens is 5. The number of benzene rings is 1. The fourth-order valence-corrected chi connectivity index (χ4v) is 3.43. The molecular weight excluding hydrogens is 362 g/mol. The van der Waals surface area contributed by atoms with Crippen molar-refractivity contribution >= 4 is 17.4 Å². The second-order valence-electron chi connectivity index (χ2n) is 5.68. The van der Waals surface area contributed by atoms with Gasteiger partial charge in [-0.2, -0.15) is 9.61 Å². The van der Waals surface area contributed by atoms with Crippen molar-refractivity contribution in [2.75, 3.05) is 14.2 Å². The van der Waals surface area contributed by atoms with Gasteiger partial charge in [0.05, 0.1) is 14.2 Å². The summed E-state index contributed by atoms with van der Waals surface area (Å²) in [5.74, 6) is 2.74. The molecule has 0 saturated heterocycles. The summed E-state index contributed by atoms with van der Waals surface area (Å²) >= 11 is 1.64. The van der Waals surface area contributed by atoms with Crippen molar-refractivity contribution in [1.29, 1.82) is 0 Å². The second-order valence-corrected chi connectivity index (χ2v) is 6.68. The monoisotopic (exact) mass is 379 g/mol. The van der Waals surface area contributed by atoms with Gasteiger partial charge in [0.15, 0.2) is 23.0 Å². The zero-order valence-corrected chi connectivity index (χ0v) is 15.7. The molecule has 0 bridgehead atoms. The van der Waals surface area contributed by atoms with Gasteiger partial charge in [-0.05, 0) is 42.0 Å². The number of methoxy groups -OCH3 is 2. The van der Waals surface area contributed by atoms with E-state index in [4.69, 9.17) is 9.47 Å². The number of nitrogens with zero attached hydrogens (tertiary/aromatic N) is 5. The lowest BCUT2D eigenvalue weighted by atomic mass is 10.2. The van der Waals surface area contributed by atoms with Crippen LogP contribution in [0, 0.1) is 0 Å². The van der Waals surface area contributed by atoms with Crippen molar-refractivity contribution in [3.63, 3.8) is 0 Å². The Hall–Kier alpha value is -3.13. The van der Waals surface area contributed by atoms with E-state index in [2.05, 4.69) is 20.3 Å². The number of fused-ring (bicyclic) bond motifs is 1. The molecule has 0 spiro atoms. The maximum Gasteiger partial charge on any atom is 0.185 e. The van der Waals surface area contributed by atoms with Crippen LogP contribution in [-0.4, -0.2) is 39.0 Å². The first kappa shape index (κ1) is 17.3. The van der Waals surface area contributed by atoms with Crippen LogP contribution in [0.3, 0.4) is 0 Å². The Balaban J connectivity index is 1.66. The Labute approximate surface area is 160 Å². The highest BCUT2D eigenvalue weighted by atomic mass is 32.2. The lowest BCUT2D eigenvalue weighted by Crippen LogP contribution is -1.97. The molecule has 3 heterocycles. The molecule has 0 amide bonds. The molecule has 4 rings (SSSR count). The molecule has 0 aliphatic heterocycles. The Bertz CT molecular complexity index is 1070. The first-order chi connectivity index (χ1) is 13.3. The largest absolute Gasteiger partial charge is 0.493 e. The van der Waals surface area contributed by atoms with Crippen molar-refractivity contribution in [1.82, 2.24) is 24.8 Å². The molecule has 0 saturated carbocycles. The highest BCUT2D eigenvalue weighted by Gasteiger charge is 2.13. The summed E-state index contributed by atoms with van der Waals surface area (Å²) in [6.45, 7) is 0. The van der Waals surface area contributed by atoms with E-state index < -0.39 is 0 Å².